The van der Waals surface area contributed by atoms with Gasteiger partial charge in [-0.2, -0.15) is 0 Å². The summed E-state index contributed by atoms with van der Waals surface area (Å²) in [6, 6.07) is 3.44. The Kier molecular flexibility index (Phi) is 4.32. The average molecular weight is 332 g/mol. The Morgan fingerprint density at radius 1 is 1.29 bits per heavy atom. The zero-order chi connectivity index (χ0) is 15.8. The molecule has 1 heterocycles. The number of nitrogens with two attached hydrogens (primary N) is 1. The van der Waals surface area contributed by atoms with Crippen LogP contribution in [-0.2, 0) is 19.9 Å². The summed E-state index contributed by atoms with van der Waals surface area (Å²) in [5.41, 5.74) is 7.29. The van der Waals surface area contributed by atoms with Crippen LogP contribution in [0.1, 0.15) is 24.0 Å². The molecule has 1 aliphatic rings. The molecule has 0 bridgehead atoms. The van der Waals surface area contributed by atoms with Gasteiger partial charge in [0.1, 0.15) is 4.90 Å². The Morgan fingerprint density at radius 3 is 2.48 bits per heavy atom. The number of sulfonamides is 1. The lowest BCUT2D eigenvalue weighted by molar-refractivity contribution is 0.571. The molecule has 0 aromatic heterocycles. The third kappa shape index (κ3) is 3.22. The molecule has 1 aromatic rings. The SMILES string of the molecule is Cc1ccc(C)c(S(=O)(=O)NCC2CCCS2(=O)=O)c1N. The van der Waals surface area contributed by atoms with Crippen LogP contribution in [0.2, 0.25) is 0 Å². The van der Waals surface area contributed by atoms with Crippen LogP contribution in [0.4, 0.5) is 5.69 Å². The molecule has 1 aliphatic heterocycles. The van der Waals surface area contributed by atoms with E-state index in [0.29, 0.717) is 24.0 Å². The van der Waals surface area contributed by atoms with Gasteiger partial charge in [-0.1, -0.05) is 12.1 Å². The maximum absolute atomic E-state index is 12.4. The lowest BCUT2D eigenvalue weighted by Gasteiger charge is -2.15. The van der Waals surface area contributed by atoms with Crippen molar-refractivity contribution in [3.8, 4) is 0 Å². The molecule has 1 atom stereocenters. The second-order valence-corrected chi connectivity index (χ2v) is 9.53. The summed E-state index contributed by atoms with van der Waals surface area (Å²) in [6.45, 7) is 3.30. The van der Waals surface area contributed by atoms with Crippen LogP contribution < -0.4 is 10.5 Å². The normalized spacial score (nSPS) is 21.5. The number of nitrogens with one attached hydrogen (secondary N) is 1. The quantitative estimate of drug-likeness (QED) is 0.791. The summed E-state index contributed by atoms with van der Waals surface area (Å²) < 4.78 is 50.7. The monoisotopic (exact) mass is 332 g/mol. The van der Waals surface area contributed by atoms with Crippen LogP contribution in [0.5, 0.6) is 0 Å². The molecule has 2 rings (SSSR count). The van der Waals surface area contributed by atoms with E-state index < -0.39 is 25.1 Å². The Labute approximate surface area is 125 Å². The van der Waals surface area contributed by atoms with Crippen molar-refractivity contribution in [3.05, 3.63) is 23.3 Å². The first-order valence-electron chi connectivity index (χ1n) is 6.72. The summed E-state index contributed by atoms with van der Waals surface area (Å²) in [5, 5.41) is -0.640. The van der Waals surface area contributed by atoms with Crippen LogP contribution in [0.15, 0.2) is 17.0 Å². The zero-order valence-electron chi connectivity index (χ0n) is 12.1. The molecule has 6 nitrogen and oxygen atoms in total. The topological polar surface area (TPSA) is 106 Å². The minimum Gasteiger partial charge on any atom is -0.397 e. The van der Waals surface area contributed by atoms with Gasteiger partial charge in [-0.25, -0.2) is 21.6 Å². The maximum Gasteiger partial charge on any atom is 0.242 e. The fraction of sp³-hybridized carbons (Fsp3) is 0.538. The molecule has 0 amide bonds. The van der Waals surface area contributed by atoms with Gasteiger partial charge in [-0.05, 0) is 37.8 Å². The van der Waals surface area contributed by atoms with Crippen molar-refractivity contribution in [2.75, 3.05) is 18.0 Å². The summed E-state index contributed by atoms with van der Waals surface area (Å²) in [7, 11) is -7.00. The van der Waals surface area contributed by atoms with Crippen LogP contribution in [0, 0.1) is 13.8 Å². The van der Waals surface area contributed by atoms with Crippen molar-refractivity contribution in [1.29, 1.82) is 0 Å². The van der Waals surface area contributed by atoms with E-state index in [1.807, 2.05) is 0 Å². The largest absolute Gasteiger partial charge is 0.397 e. The van der Waals surface area contributed by atoms with Crippen LogP contribution in [-0.4, -0.2) is 34.4 Å². The van der Waals surface area contributed by atoms with E-state index in [-0.39, 0.29) is 22.9 Å². The molecule has 3 N–H and O–H groups in total. The average Bonchev–Trinajstić information content (AvgIpc) is 2.71. The molecule has 118 valence electrons. The highest BCUT2D eigenvalue weighted by molar-refractivity contribution is 7.92. The van der Waals surface area contributed by atoms with E-state index in [2.05, 4.69) is 4.72 Å². The maximum atomic E-state index is 12.4. The van der Waals surface area contributed by atoms with Crippen molar-refractivity contribution in [2.24, 2.45) is 0 Å². The van der Waals surface area contributed by atoms with Crippen LogP contribution >= 0.6 is 0 Å². The van der Waals surface area contributed by atoms with E-state index in [1.54, 1.807) is 26.0 Å². The molecule has 1 saturated heterocycles. The van der Waals surface area contributed by atoms with Gasteiger partial charge in [0, 0.05) is 6.54 Å². The molecule has 0 radical (unpaired) electrons. The predicted octanol–water partition coefficient (Wildman–Crippen LogP) is 0.741. The smallest absolute Gasteiger partial charge is 0.242 e. The van der Waals surface area contributed by atoms with Gasteiger partial charge in [-0.15, -0.1) is 0 Å². The molecule has 0 aliphatic carbocycles. The van der Waals surface area contributed by atoms with E-state index in [9.17, 15) is 16.8 Å². The summed E-state index contributed by atoms with van der Waals surface area (Å²) in [6.07, 6.45) is 1.08. The molecule has 1 fully saturated rings. The number of nitrogen functional groups attached to an aromatic ring is 1. The van der Waals surface area contributed by atoms with Crippen molar-refractivity contribution in [1.82, 2.24) is 4.72 Å². The highest BCUT2D eigenvalue weighted by Crippen LogP contribution is 2.26. The second kappa shape index (κ2) is 5.58. The van der Waals surface area contributed by atoms with Gasteiger partial charge in [0.05, 0.1) is 16.7 Å². The Morgan fingerprint density at radius 2 is 1.90 bits per heavy atom. The second-order valence-electron chi connectivity index (χ2n) is 5.43. The van der Waals surface area contributed by atoms with Crippen molar-refractivity contribution < 1.29 is 16.8 Å². The fourth-order valence-electron chi connectivity index (χ4n) is 2.53. The predicted molar refractivity (Wildman–Crippen MR) is 82.3 cm³/mol. The zero-order valence-corrected chi connectivity index (χ0v) is 13.7. The van der Waals surface area contributed by atoms with Gasteiger partial charge >= 0.3 is 0 Å². The molecular weight excluding hydrogens is 312 g/mol. The number of rotatable bonds is 4. The Bertz CT molecular complexity index is 755. The molecule has 0 saturated carbocycles. The van der Waals surface area contributed by atoms with E-state index in [0.717, 1.165) is 0 Å². The first-order valence-corrected chi connectivity index (χ1v) is 9.92. The molecular formula is C13H20N2O4S2. The first kappa shape index (κ1) is 16.3. The molecule has 0 spiro atoms. The summed E-state index contributed by atoms with van der Waals surface area (Å²) >= 11 is 0. The van der Waals surface area contributed by atoms with Crippen molar-refractivity contribution in [2.45, 2.75) is 36.8 Å². The van der Waals surface area contributed by atoms with Crippen molar-refractivity contribution in [3.63, 3.8) is 0 Å². The van der Waals surface area contributed by atoms with E-state index in [4.69, 9.17) is 5.73 Å². The Hall–Kier alpha value is -1.12. The lowest BCUT2D eigenvalue weighted by Crippen LogP contribution is -2.35. The molecule has 1 unspecified atom stereocenters. The van der Waals surface area contributed by atoms with E-state index in [1.165, 1.54) is 0 Å². The highest BCUT2D eigenvalue weighted by atomic mass is 32.2. The third-order valence-electron chi connectivity index (χ3n) is 3.84. The van der Waals surface area contributed by atoms with Gasteiger partial charge in [0.25, 0.3) is 0 Å². The van der Waals surface area contributed by atoms with Gasteiger partial charge in [0.15, 0.2) is 9.84 Å². The van der Waals surface area contributed by atoms with Gasteiger partial charge in [-0.3, -0.25) is 0 Å². The van der Waals surface area contributed by atoms with Crippen molar-refractivity contribution >= 4 is 25.5 Å². The number of aryl methyl sites for hydroxylation is 2. The number of hydrogen-bond acceptors (Lipinski definition) is 5. The van der Waals surface area contributed by atoms with E-state index >= 15 is 0 Å². The molecule has 1 aromatic carbocycles. The van der Waals surface area contributed by atoms with Gasteiger partial charge < -0.3 is 5.73 Å². The summed E-state index contributed by atoms with van der Waals surface area (Å²) in [5.74, 6) is 0.130. The van der Waals surface area contributed by atoms with Gasteiger partial charge in [0.2, 0.25) is 10.0 Å². The Balaban J connectivity index is 2.26. The number of benzene rings is 1. The standard InChI is InChI=1S/C13H20N2O4S2/c1-9-5-6-10(2)13(12(9)14)21(18,19)15-8-11-4-3-7-20(11,16)17/h5-6,11,15H,3-4,7-8,14H2,1-2H3. The number of sulfone groups is 1. The number of hydrogen-bond donors (Lipinski definition) is 2. The minimum atomic E-state index is -3.82. The molecule has 8 heteroatoms. The number of anilines is 1. The minimum absolute atomic E-state index is 0.0397. The third-order valence-corrected chi connectivity index (χ3v) is 7.75. The fourth-order valence-corrected chi connectivity index (χ4v) is 5.90. The highest BCUT2D eigenvalue weighted by Gasteiger charge is 2.32. The lowest BCUT2D eigenvalue weighted by atomic mass is 10.1. The van der Waals surface area contributed by atoms with Crippen LogP contribution in [0.25, 0.3) is 0 Å². The van der Waals surface area contributed by atoms with Crippen LogP contribution in [0.3, 0.4) is 0 Å². The molecule has 21 heavy (non-hydrogen) atoms. The summed E-state index contributed by atoms with van der Waals surface area (Å²) in [4.78, 5) is 0.0397. The first-order chi connectivity index (χ1) is 9.65.